The van der Waals surface area contributed by atoms with Crippen LogP contribution in [0, 0.1) is 5.92 Å². The standard InChI is InChI=1S/C21H24N4O2/c1-14-13-24(2)12-11-16(14)23-21(27)25-18-9-5-3-7-15(18)20(26)22-17-8-4-6-10-19(17)25/h3-10,14,16H,11-13H2,1-2H3,(H,22,26)(H,23,27)/t14-,16-/m0/s1. The number of amides is 3. The second-order valence-corrected chi connectivity index (χ2v) is 7.41. The monoisotopic (exact) mass is 364 g/mol. The van der Waals surface area contributed by atoms with Crippen LogP contribution < -0.4 is 15.5 Å². The fraction of sp³-hybridized carbons (Fsp3) is 0.333. The van der Waals surface area contributed by atoms with E-state index in [0.717, 1.165) is 19.5 Å². The summed E-state index contributed by atoms with van der Waals surface area (Å²) in [6, 6.07) is 14.5. The van der Waals surface area contributed by atoms with E-state index >= 15 is 0 Å². The summed E-state index contributed by atoms with van der Waals surface area (Å²) in [5, 5.41) is 6.12. The van der Waals surface area contributed by atoms with E-state index in [1.54, 1.807) is 11.0 Å². The number of hydrogen-bond acceptors (Lipinski definition) is 3. The van der Waals surface area contributed by atoms with Gasteiger partial charge in [0.05, 0.1) is 22.6 Å². The molecule has 2 aromatic rings. The number of rotatable bonds is 1. The number of carbonyl (C=O) groups is 2. The van der Waals surface area contributed by atoms with Crippen molar-refractivity contribution in [2.24, 2.45) is 5.92 Å². The molecule has 2 aliphatic heterocycles. The summed E-state index contributed by atoms with van der Waals surface area (Å²) in [6.45, 7) is 4.08. The van der Waals surface area contributed by atoms with Crippen molar-refractivity contribution < 1.29 is 9.59 Å². The SMILES string of the molecule is C[C@H]1CN(C)CC[C@@H]1NC(=O)N1c2ccccc2NC(=O)c2ccccc21. The maximum Gasteiger partial charge on any atom is 0.326 e. The fourth-order valence-corrected chi connectivity index (χ4v) is 3.96. The molecule has 2 aliphatic rings. The smallest absolute Gasteiger partial charge is 0.326 e. The van der Waals surface area contributed by atoms with Crippen molar-refractivity contribution in [1.29, 1.82) is 0 Å². The van der Waals surface area contributed by atoms with Crippen LogP contribution in [0.5, 0.6) is 0 Å². The van der Waals surface area contributed by atoms with Gasteiger partial charge >= 0.3 is 6.03 Å². The molecule has 27 heavy (non-hydrogen) atoms. The van der Waals surface area contributed by atoms with Crippen LogP contribution in [0.15, 0.2) is 48.5 Å². The van der Waals surface area contributed by atoms with Crippen LogP contribution in [0.4, 0.5) is 21.9 Å². The van der Waals surface area contributed by atoms with Crippen molar-refractivity contribution in [3.05, 3.63) is 54.1 Å². The molecule has 2 atom stereocenters. The fourth-order valence-electron chi connectivity index (χ4n) is 3.96. The molecule has 0 bridgehead atoms. The van der Waals surface area contributed by atoms with Crippen molar-refractivity contribution in [3.63, 3.8) is 0 Å². The Bertz CT molecular complexity index is 882. The molecule has 1 saturated heterocycles. The molecule has 6 heteroatoms. The minimum Gasteiger partial charge on any atom is -0.334 e. The Balaban J connectivity index is 1.71. The van der Waals surface area contributed by atoms with Gasteiger partial charge < -0.3 is 15.5 Å². The quantitative estimate of drug-likeness (QED) is 0.815. The van der Waals surface area contributed by atoms with Crippen LogP contribution in [-0.4, -0.2) is 43.0 Å². The number of likely N-dealkylation sites (tertiary alicyclic amines) is 1. The second kappa shape index (κ2) is 7.04. The third kappa shape index (κ3) is 3.28. The average molecular weight is 364 g/mol. The summed E-state index contributed by atoms with van der Waals surface area (Å²) >= 11 is 0. The van der Waals surface area contributed by atoms with Gasteiger partial charge in [-0.05, 0) is 50.2 Å². The number of para-hydroxylation sites is 3. The van der Waals surface area contributed by atoms with E-state index in [-0.39, 0.29) is 18.0 Å². The van der Waals surface area contributed by atoms with Crippen molar-refractivity contribution in [3.8, 4) is 0 Å². The highest BCUT2D eigenvalue weighted by Crippen LogP contribution is 2.37. The molecule has 0 radical (unpaired) electrons. The molecule has 1 fully saturated rings. The topological polar surface area (TPSA) is 64.7 Å². The third-order valence-electron chi connectivity index (χ3n) is 5.40. The van der Waals surface area contributed by atoms with E-state index in [1.165, 1.54) is 0 Å². The maximum atomic E-state index is 13.3. The zero-order valence-electron chi connectivity index (χ0n) is 15.6. The van der Waals surface area contributed by atoms with E-state index < -0.39 is 0 Å². The van der Waals surface area contributed by atoms with Crippen molar-refractivity contribution in [1.82, 2.24) is 10.2 Å². The Kier molecular flexibility index (Phi) is 4.58. The molecule has 0 aromatic heterocycles. The van der Waals surface area contributed by atoms with Gasteiger partial charge in [-0.3, -0.25) is 9.69 Å². The predicted octanol–water partition coefficient (Wildman–Crippen LogP) is 3.44. The zero-order valence-corrected chi connectivity index (χ0v) is 15.6. The minimum absolute atomic E-state index is 0.111. The van der Waals surface area contributed by atoms with Gasteiger partial charge in [0.1, 0.15) is 0 Å². The summed E-state index contributed by atoms with van der Waals surface area (Å²) in [5.41, 5.74) is 2.39. The Hall–Kier alpha value is -2.86. The highest BCUT2D eigenvalue weighted by Gasteiger charge is 2.32. The first kappa shape index (κ1) is 17.5. The third-order valence-corrected chi connectivity index (χ3v) is 5.40. The van der Waals surface area contributed by atoms with Gasteiger partial charge in [-0.25, -0.2) is 4.79 Å². The van der Waals surface area contributed by atoms with E-state index in [2.05, 4.69) is 29.5 Å². The summed E-state index contributed by atoms with van der Waals surface area (Å²) in [6.07, 6.45) is 0.914. The molecule has 4 rings (SSSR count). The summed E-state index contributed by atoms with van der Waals surface area (Å²) in [5.74, 6) is 0.158. The lowest BCUT2D eigenvalue weighted by molar-refractivity contribution is 0.102. The zero-order chi connectivity index (χ0) is 19.0. The van der Waals surface area contributed by atoms with Gasteiger partial charge in [0, 0.05) is 12.6 Å². The van der Waals surface area contributed by atoms with Gasteiger partial charge in [0.25, 0.3) is 5.91 Å². The van der Waals surface area contributed by atoms with E-state index in [9.17, 15) is 9.59 Å². The second-order valence-electron chi connectivity index (χ2n) is 7.41. The summed E-state index contributed by atoms with van der Waals surface area (Å²) in [7, 11) is 2.10. The molecular weight excluding hydrogens is 340 g/mol. The number of carbonyl (C=O) groups excluding carboxylic acids is 2. The Morgan fingerprint density at radius 3 is 2.59 bits per heavy atom. The molecule has 140 valence electrons. The normalized spacial score (nSPS) is 22.3. The first-order chi connectivity index (χ1) is 13.0. The van der Waals surface area contributed by atoms with Crippen LogP contribution in [-0.2, 0) is 0 Å². The van der Waals surface area contributed by atoms with Gasteiger partial charge in [-0.2, -0.15) is 0 Å². The van der Waals surface area contributed by atoms with E-state index in [4.69, 9.17) is 0 Å². The van der Waals surface area contributed by atoms with Crippen LogP contribution in [0.25, 0.3) is 0 Å². The van der Waals surface area contributed by atoms with Gasteiger partial charge in [0.2, 0.25) is 0 Å². The molecule has 6 nitrogen and oxygen atoms in total. The van der Waals surface area contributed by atoms with E-state index in [1.807, 2.05) is 42.5 Å². The number of fused-ring (bicyclic) bond motifs is 2. The predicted molar refractivity (Wildman–Crippen MR) is 107 cm³/mol. The Labute approximate surface area is 159 Å². The highest BCUT2D eigenvalue weighted by atomic mass is 16.2. The molecule has 2 N–H and O–H groups in total. The number of piperidine rings is 1. The van der Waals surface area contributed by atoms with Gasteiger partial charge in [-0.15, -0.1) is 0 Å². The van der Waals surface area contributed by atoms with Gasteiger partial charge in [0.15, 0.2) is 0 Å². The molecule has 0 aliphatic carbocycles. The molecule has 0 unspecified atom stereocenters. The molecule has 2 heterocycles. The number of hydrogen-bond donors (Lipinski definition) is 2. The summed E-state index contributed by atoms with van der Waals surface area (Å²) in [4.78, 5) is 29.9. The first-order valence-corrected chi connectivity index (χ1v) is 9.33. The molecule has 2 aromatic carbocycles. The average Bonchev–Trinajstić information content (AvgIpc) is 2.78. The first-order valence-electron chi connectivity index (χ1n) is 9.33. The lowest BCUT2D eigenvalue weighted by Crippen LogP contribution is -2.51. The van der Waals surface area contributed by atoms with Crippen LogP contribution in [0.3, 0.4) is 0 Å². The number of urea groups is 1. The van der Waals surface area contributed by atoms with Crippen LogP contribution >= 0.6 is 0 Å². The van der Waals surface area contributed by atoms with Crippen LogP contribution in [0.1, 0.15) is 23.7 Å². The Morgan fingerprint density at radius 2 is 1.81 bits per heavy atom. The number of nitrogens with zero attached hydrogens (tertiary/aromatic N) is 2. The lowest BCUT2D eigenvalue weighted by atomic mass is 9.94. The summed E-state index contributed by atoms with van der Waals surface area (Å²) < 4.78 is 0. The van der Waals surface area contributed by atoms with Gasteiger partial charge in [-0.1, -0.05) is 31.2 Å². The Morgan fingerprint density at radius 1 is 1.11 bits per heavy atom. The highest BCUT2D eigenvalue weighted by molar-refractivity contribution is 6.17. The van der Waals surface area contributed by atoms with E-state index in [0.29, 0.717) is 28.5 Å². The lowest BCUT2D eigenvalue weighted by Gasteiger charge is -2.36. The van der Waals surface area contributed by atoms with Crippen molar-refractivity contribution in [2.75, 3.05) is 30.4 Å². The maximum absolute atomic E-state index is 13.3. The van der Waals surface area contributed by atoms with Crippen LogP contribution in [0.2, 0.25) is 0 Å². The number of benzene rings is 2. The minimum atomic E-state index is -0.207. The molecule has 3 amide bonds. The molecule has 0 saturated carbocycles. The molecular formula is C21H24N4O2. The van der Waals surface area contributed by atoms with Crippen molar-refractivity contribution >= 4 is 29.0 Å². The molecule has 0 spiro atoms. The van der Waals surface area contributed by atoms with Crippen molar-refractivity contribution in [2.45, 2.75) is 19.4 Å². The number of nitrogens with one attached hydrogen (secondary N) is 2. The number of anilines is 3. The largest absolute Gasteiger partial charge is 0.334 e.